The van der Waals surface area contributed by atoms with Crippen molar-refractivity contribution in [2.75, 3.05) is 59.4 Å². The second-order valence-electron chi connectivity index (χ2n) is 6.33. The Hall–Kier alpha value is -1.53. The number of aliphatic imine (C=N–C) groups is 1. The Morgan fingerprint density at radius 3 is 2.25 bits per heavy atom. The molecular formula is C18H34N6. The van der Waals surface area contributed by atoms with Crippen LogP contribution >= 0.6 is 0 Å². The number of hydrogen-bond donors (Lipinski definition) is 2. The zero-order valence-electron chi connectivity index (χ0n) is 15.4. The molecule has 0 unspecified atom stereocenters. The van der Waals surface area contributed by atoms with E-state index in [9.17, 15) is 0 Å². The molecule has 1 aromatic heterocycles. The number of rotatable bonds is 9. The van der Waals surface area contributed by atoms with Crippen molar-refractivity contribution in [3.63, 3.8) is 0 Å². The van der Waals surface area contributed by atoms with Crippen molar-refractivity contribution < 1.29 is 0 Å². The van der Waals surface area contributed by atoms with E-state index in [1.165, 1.54) is 52.1 Å². The van der Waals surface area contributed by atoms with E-state index in [2.05, 4.69) is 61.4 Å². The quantitative estimate of drug-likeness (QED) is 0.403. The standard InChI is InChI=1S/C18H34N6/c1-3-22-14-16-24(17-15-22)10-5-4-8-20-18(19-2)21-9-13-23-11-6-7-12-23/h6-7,11-12H,3-5,8-10,13-17H2,1-2H3,(H2,19,20,21). The molecule has 136 valence electrons. The number of nitrogens with zero attached hydrogens (tertiary/aromatic N) is 4. The summed E-state index contributed by atoms with van der Waals surface area (Å²) in [6.45, 7) is 12.4. The van der Waals surface area contributed by atoms with Gasteiger partial charge in [0.05, 0.1) is 0 Å². The average molecular weight is 335 g/mol. The van der Waals surface area contributed by atoms with Gasteiger partial charge >= 0.3 is 0 Å². The van der Waals surface area contributed by atoms with Crippen molar-refractivity contribution in [2.24, 2.45) is 4.99 Å². The van der Waals surface area contributed by atoms with E-state index in [0.29, 0.717) is 0 Å². The SMILES string of the molecule is CCN1CCN(CCCCNC(=NC)NCCn2cccc2)CC1. The molecule has 6 nitrogen and oxygen atoms in total. The summed E-state index contributed by atoms with van der Waals surface area (Å²) in [7, 11) is 1.83. The van der Waals surface area contributed by atoms with Gasteiger partial charge in [-0.3, -0.25) is 4.99 Å². The van der Waals surface area contributed by atoms with Crippen LogP contribution in [0.3, 0.4) is 0 Å². The molecule has 0 spiro atoms. The number of piperazine rings is 1. The molecule has 1 aliphatic rings. The fourth-order valence-corrected chi connectivity index (χ4v) is 3.04. The molecule has 24 heavy (non-hydrogen) atoms. The molecule has 0 aliphatic carbocycles. The van der Waals surface area contributed by atoms with Gasteiger partial charge in [-0.05, 0) is 38.1 Å². The van der Waals surface area contributed by atoms with Crippen molar-refractivity contribution in [3.05, 3.63) is 24.5 Å². The van der Waals surface area contributed by atoms with Gasteiger partial charge < -0.3 is 25.0 Å². The van der Waals surface area contributed by atoms with Crippen LogP contribution in [-0.4, -0.2) is 79.7 Å². The van der Waals surface area contributed by atoms with Crippen molar-refractivity contribution in [3.8, 4) is 0 Å². The van der Waals surface area contributed by atoms with Gasteiger partial charge in [0.25, 0.3) is 0 Å². The maximum absolute atomic E-state index is 4.28. The molecule has 1 aliphatic heterocycles. The first-order valence-corrected chi connectivity index (χ1v) is 9.32. The minimum absolute atomic E-state index is 0.885. The highest BCUT2D eigenvalue weighted by atomic mass is 15.3. The van der Waals surface area contributed by atoms with E-state index in [4.69, 9.17) is 0 Å². The van der Waals surface area contributed by atoms with E-state index >= 15 is 0 Å². The molecule has 0 aromatic carbocycles. The highest BCUT2D eigenvalue weighted by molar-refractivity contribution is 5.79. The van der Waals surface area contributed by atoms with Gasteiger partial charge in [0.1, 0.15) is 0 Å². The number of unbranched alkanes of at least 4 members (excludes halogenated alkanes) is 1. The minimum atomic E-state index is 0.885. The third kappa shape index (κ3) is 6.93. The van der Waals surface area contributed by atoms with Gasteiger partial charge in [-0.15, -0.1) is 0 Å². The van der Waals surface area contributed by atoms with Crippen LogP contribution in [0.1, 0.15) is 19.8 Å². The van der Waals surface area contributed by atoms with Crippen LogP contribution in [0.5, 0.6) is 0 Å². The van der Waals surface area contributed by atoms with E-state index in [-0.39, 0.29) is 0 Å². The molecular weight excluding hydrogens is 300 g/mol. The Kier molecular flexibility index (Phi) is 8.70. The first-order chi connectivity index (χ1) is 11.8. The van der Waals surface area contributed by atoms with Crippen molar-refractivity contribution in [1.82, 2.24) is 25.0 Å². The lowest BCUT2D eigenvalue weighted by molar-refractivity contribution is 0.136. The maximum Gasteiger partial charge on any atom is 0.191 e. The van der Waals surface area contributed by atoms with Crippen molar-refractivity contribution in [1.29, 1.82) is 0 Å². The molecule has 2 heterocycles. The number of guanidine groups is 1. The molecule has 0 saturated carbocycles. The van der Waals surface area contributed by atoms with Crippen LogP contribution in [-0.2, 0) is 6.54 Å². The number of likely N-dealkylation sites (N-methyl/N-ethyl adjacent to an activating group) is 1. The predicted octanol–water partition coefficient (Wildman–Crippen LogP) is 1.07. The molecule has 0 amide bonds. The number of hydrogen-bond acceptors (Lipinski definition) is 3. The zero-order chi connectivity index (χ0) is 17.0. The Labute approximate surface area is 146 Å². The molecule has 2 N–H and O–H groups in total. The lowest BCUT2D eigenvalue weighted by Crippen LogP contribution is -2.46. The summed E-state index contributed by atoms with van der Waals surface area (Å²) < 4.78 is 2.17. The molecule has 0 atom stereocenters. The van der Waals surface area contributed by atoms with Crippen LogP contribution < -0.4 is 10.6 Å². The van der Waals surface area contributed by atoms with Gasteiger partial charge in [-0.2, -0.15) is 0 Å². The zero-order valence-corrected chi connectivity index (χ0v) is 15.4. The number of aromatic nitrogens is 1. The first kappa shape index (κ1) is 18.8. The van der Waals surface area contributed by atoms with Crippen LogP contribution in [0, 0.1) is 0 Å². The molecule has 0 radical (unpaired) electrons. The minimum Gasteiger partial charge on any atom is -0.356 e. The molecule has 0 bridgehead atoms. The van der Waals surface area contributed by atoms with E-state index in [1.807, 2.05) is 7.05 Å². The average Bonchev–Trinajstić information content (AvgIpc) is 3.14. The smallest absolute Gasteiger partial charge is 0.191 e. The van der Waals surface area contributed by atoms with Gasteiger partial charge in [0, 0.05) is 65.3 Å². The first-order valence-electron chi connectivity index (χ1n) is 9.32. The Bertz CT molecular complexity index is 448. The molecule has 1 aromatic rings. The normalized spacial score (nSPS) is 17.2. The second-order valence-corrected chi connectivity index (χ2v) is 6.33. The Morgan fingerprint density at radius 2 is 1.58 bits per heavy atom. The van der Waals surface area contributed by atoms with Crippen LogP contribution in [0.2, 0.25) is 0 Å². The predicted molar refractivity (Wildman–Crippen MR) is 102 cm³/mol. The highest BCUT2D eigenvalue weighted by Gasteiger charge is 2.14. The summed E-state index contributed by atoms with van der Waals surface area (Å²) >= 11 is 0. The van der Waals surface area contributed by atoms with Crippen molar-refractivity contribution in [2.45, 2.75) is 26.3 Å². The lowest BCUT2D eigenvalue weighted by atomic mass is 10.2. The fourth-order valence-electron chi connectivity index (χ4n) is 3.04. The van der Waals surface area contributed by atoms with Crippen LogP contribution in [0.4, 0.5) is 0 Å². The monoisotopic (exact) mass is 334 g/mol. The summed E-state index contributed by atoms with van der Waals surface area (Å²) in [6.07, 6.45) is 6.60. The van der Waals surface area contributed by atoms with Crippen LogP contribution in [0.15, 0.2) is 29.5 Å². The highest BCUT2D eigenvalue weighted by Crippen LogP contribution is 2.02. The largest absolute Gasteiger partial charge is 0.356 e. The third-order valence-corrected chi connectivity index (χ3v) is 4.66. The lowest BCUT2D eigenvalue weighted by Gasteiger charge is -2.34. The third-order valence-electron chi connectivity index (χ3n) is 4.66. The van der Waals surface area contributed by atoms with Crippen LogP contribution in [0.25, 0.3) is 0 Å². The van der Waals surface area contributed by atoms with Gasteiger partial charge in [0.15, 0.2) is 5.96 Å². The van der Waals surface area contributed by atoms with Gasteiger partial charge in [0.2, 0.25) is 0 Å². The van der Waals surface area contributed by atoms with E-state index in [1.54, 1.807) is 0 Å². The fraction of sp³-hybridized carbons (Fsp3) is 0.722. The van der Waals surface area contributed by atoms with Gasteiger partial charge in [-0.25, -0.2) is 0 Å². The molecule has 1 fully saturated rings. The summed E-state index contributed by atoms with van der Waals surface area (Å²) in [5.74, 6) is 0.902. The Morgan fingerprint density at radius 1 is 0.917 bits per heavy atom. The maximum atomic E-state index is 4.28. The van der Waals surface area contributed by atoms with E-state index < -0.39 is 0 Å². The topological polar surface area (TPSA) is 47.8 Å². The van der Waals surface area contributed by atoms with Crippen molar-refractivity contribution >= 4 is 5.96 Å². The Balaban J connectivity index is 1.48. The van der Waals surface area contributed by atoms with E-state index in [0.717, 1.165) is 25.6 Å². The molecule has 2 rings (SSSR count). The molecule has 1 saturated heterocycles. The number of nitrogens with one attached hydrogen (secondary N) is 2. The summed E-state index contributed by atoms with van der Waals surface area (Å²) in [5.41, 5.74) is 0. The summed E-state index contributed by atoms with van der Waals surface area (Å²) in [5, 5.41) is 6.77. The van der Waals surface area contributed by atoms with Gasteiger partial charge in [-0.1, -0.05) is 6.92 Å². The molecule has 6 heteroatoms. The summed E-state index contributed by atoms with van der Waals surface area (Å²) in [6, 6.07) is 4.10. The second kappa shape index (κ2) is 11.1. The summed E-state index contributed by atoms with van der Waals surface area (Å²) in [4.78, 5) is 9.40.